The summed E-state index contributed by atoms with van der Waals surface area (Å²) in [5.74, 6) is 0.137. The van der Waals surface area contributed by atoms with E-state index >= 15 is 0 Å². The summed E-state index contributed by atoms with van der Waals surface area (Å²) in [4.78, 5) is 0.173. The largest absolute Gasteiger partial charge is 0.489 e. The quantitative estimate of drug-likeness (QED) is 0.596. The van der Waals surface area contributed by atoms with Crippen molar-refractivity contribution in [2.75, 3.05) is 10.8 Å². The molecule has 0 saturated carbocycles. The SMILES string of the molecule is CCN(c1ccccc1)S(=O)(=O)c1ccc(OCc2ccccc2F)cc1. The molecule has 0 fully saturated rings. The lowest BCUT2D eigenvalue weighted by atomic mass is 10.2. The predicted octanol–water partition coefficient (Wildman–Crippen LogP) is 4.62. The van der Waals surface area contributed by atoms with Gasteiger partial charge < -0.3 is 4.74 Å². The minimum Gasteiger partial charge on any atom is -0.489 e. The molecule has 6 heteroatoms. The van der Waals surface area contributed by atoms with E-state index in [1.54, 1.807) is 61.5 Å². The van der Waals surface area contributed by atoms with Gasteiger partial charge in [-0.3, -0.25) is 4.31 Å². The van der Waals surface area contributed by atoms with Gasteiger partial charge in [-0.05, 0) is 49.4 Å². The zero-order valence-corrected chi connectivity index (χ0v) is 15.7. The van der Waals surface area contributed by atoms with E-state index in [1.807, 2.05) is 6.07 Å². The Balaban J connectivity index is 1.76. The highest BCUT2D eigenvalue weighted by molar-refractivity contribution is 7.92. The van der Waals surface area contributed by atoms with Gasteiger partial charge in [0.2, 0.25) is 0 Å². The molecule has 0 aromatic heterocycles. The third-order valence-electron chi connectivity index (χ3n) is 4.10. The first-order valence-electron chi connectivity index (χ1n) is 8.56. The first-order chi connectivity index (χ1) is 13.0. The van der Waals surface area contributed by atoms with Gasteiger partial charge in [-0.15, -0.1) is 0 Å². The first kappa shape index (κ1) is 18.9. The normalized spacial score (nSPS) is 11.2. The lowest BCUT2D eigenvalue weighted by Gasteiger charge is -2.23. The smallest absolute Gasteiger partial charge is 0.264 e. The number of benzene rings is 3. The van der Waals surface area contributed by atoms with E-state index < -0.39 is 10.0 Å². The van der Waals surface area contributed by atoms with E-state index in [9.17, 15) is 12.8 Å². The zero-order chi connectivity index (χ0) is 19.3. The minimum atomic E-state index is -3.68. The molecule has 140 valence electrons. The molecule has 3 aromatic carbocycles. The molecule has 3 rings (SSSR count). The Labute approximate surface area is 158 Å². The molecule has 0 unspecified atom stereocenters. The van der Waals surface area contributed by atoms with E-state index in [1.165, 1.54) is 22.5 Å². The first-order valence-corrected chi connectivity index (χ1v) is 10.0. The number of rotatable bonds is 7. The van der Waals surface area contributed by atoms with Gasteiger partial charge in [-0.2, -0.15) is 0 Å². The number of sulfonamides is 1. The van der Waals surface area contributed by atoms with Crippen LogP contribution in [0.5, 0.6) is 5.75 Å². The van der Waals surface area contributed by atoms with Gasteiger partial charge in [0.25, 0.3) is 10.0 Å². The molecule has 0 aliphatic rings. The molecule has 0 heterocycles. The van der Waals surface area contributed by atoms with Gasteiger partial charge in [0.1, 0.15) is 18.2 Å². The highest BCUT2D eigenvalue weighted by atomic mass is 32.2. The zero-order valence-electron chi connectivity index (χ0n) is 14.9. The fourth-order valence-electron chi connectivity index (χ4n) is 2.70. The molecule has 0 aliphatic heterocycles. The number of para-hydroxylation sites is 1. The Morgan fingerprint density at radius 3 is 2.15 bits per heavy atom. The molecule has 0 spiro atoms. The second-order valence-electron chi connectivity index (χ2n) is 5.86. The summed E-state index contributed by atoms with van der Waals surface area (Å²) < 4.78 is 46.4. The van der Waals surface area contributed by atoms with Crippen molar-refractivity contribution in [3.05, 3.63) is 90.2 Å². The molecule has 0 N–H and O–H groups in total. The van der Waals surface area contributed by atoms with Crippen molar-refractivity contribution in [1.82, 2.24) is 0 Å². The van der Waals surface area contributed by atoms with Crippen molar-refractivity contribution in [2.24, 2.45) is 0 Å². The molecule has 0 amide bonds. The molecule has 0 atom stereocenters. The van der Waals surface area contributed by atoms with Crippen LogP contribution in [0.15, 0.2) is 83.8 Å². The number of ether oxygens (including phenoxy) is 1. The van der Waals surface area contributed by atoms with Gasteiger partial charge in [-0.1, -0.05) is 36.4 Å². The Hall–Kier alpha value is -2.86. The second kappa shape index (κ2) is 8.22. The fourth-order valence-corrected chi connectivity index (χ4v) is 4.17. The van der Waals surface area contributed by atoms with Crippen LogP contribution in [-0.4, -0.2) is 15.0 Å². The number of hydrogen-bond acceptors (Lipinski definition) is 3. The van der Waals surface area contributed by atoms with E-state index in [0.717, 1.165) is 0 Å². The van der Waals surface area contributed by atoms with Crippen LogP contribution < -0.4 is 9.04 Å². The average Bonchev–Trinajstić information content (AvgIpc) is 2.69. The highest BCUT2D eigenvalue weighted by Gasteiger charge is 2.23. The maximum atomic E-state index is 13.6. The second-order valence-corrected chi connectivity index (χ2v) is 7.72. The topological polar surface area (TPSA) is 46.6 Å². The summed E-state index contributed by atoms with van der Waals surface area (Å²) in [6.07, 6.45) is 0. The molecular formula is C21H20FNO3S. The summed E-state index contributed by atoms with van der Waals surface area (Å²) in [5, 5.41) is 0. The Bertz CT molecular complexity index is 989. The minimum absolute atomic E-state index is 0.0733. The lowest BCUT2D eigenvalue weighted by molar-refractivity contribution is 0.299. The fraction of sp³-hybridized carbons (Fsp3) is 0.143. The summed E-state index contributed by atoms with van der Waals surface area (Å²) in [7, 11) is -3.68. The van der Waals surface area contributed by atoms with Crippen LogP contribution in [0, 0.1) is 5.82 Å². The summed E-state index contributed by atoms with van der Waals surface area (Å²) in [6, 6.07) is 21.5. The van der Waals surface area contributed by atoms with Crippen molar-refractivity contribution < 1.29 is 17.5 Å². The van der Waals surface area contributed by atoms with Crippen LogP contribution >= 0.6 is 0 Å². The number of hydrogen-bond donors (Lipinski definition) is 0. The predicted molar refractivity (Wildman–Crippen MR) is 104 cm³/mol. The van der Waals surface area contributed by atoms with E-state index in [2.05, 4.69) is 0 Å². The summed E-state index contributed by atoms with van der Waals surface area (Å²) in [6.45, 7) is 2.18. The van der Waals surface area contributed by atoms with Crippen molar-refractivity contribution in [3.63, 3.8) is 0 Å². The van der Waals surface area contributed by atoms with E-state index in [-0.39, 0.29) is 17.3 Å². The summed E-state index contributed by atoms with van der Waals surface area (Å²) >= 11 is 0. The third-order valence-corrected chi connectivity index (χ3v) is 6.01. The number of anilines is 1. The Morgan fingerprint density at radius 2 is 1.52 bits per heavy atom. The molecule has 0 aliphatic carbocycles. The third kappa shape index (κ3) is 4.28. The van der Waals surface area contributed by atoms with E-state index in [0.29, 0.717) is 23.5 Å². The average molecular weight is 385 g/mol. The number of nitrogens with zero attached hydrogens (tertiary/aromatic N) is 1. The van der Waals surface area contributed by atoms with Crippen molar-refractivity contribution in [2.45, 2.75) is 18.4 Å². The van der Waals surface area contributed by atoms with Crippen LogP contribution in [0.2, 0.25) is 0 Å². The summed E-state index contributed by atoms with van der Waals surface area (Å²) in [5.41, 5.74) is 1.05. The number of halogens is 1. The van der Waals surface area contributed by atoms with Gasteiger partial charge in [-0.25, -0.2) is 12.8 Å². The van der Waals surface area contributed by atoms with Gasteiger partial charge in [0, 0.05) is 12.1 Å². The Morgan fingerprint density at radius 1 is 0.889 bits per heavy atom. The van der Waals surface area contributed by atoms with Crippen LogP contribution in [0.4, 0.5) is 10.1 Å². The molecule has 27 heavy (non-hydrogen) atoms. The van der Waals surface area contributed by atoms with Crippen LogP contribution in [0.1, 0.15) is 12.5 Å². The highest BCUT2D eigenvalue weighted by Crippen LogP contribution is 2.25. The molecular weight excluding hydrogens is 365 g/mol. The lowest BCUT2D eigenvalue weighted by Crippen LogP contribution is -2.30. The van der Waals surface area contributed by atoms with Gasteiger partial charge in [0.05, 0.1) is 10.6 Å². The maximum Gasteiger partial charge on any atom is 0.264 e. The molecule has 0 radical (unpaired) electrons. The molecule has 0 saturated heterocycles. The van der Waals surface area contributed by atoms with Crippen molar-refractivity contribution in [3.8, 4) is 5.75 Å². The van der Waals surface area contributed by atoms with Gasteiger partial charge in [0.15, 0.2) is 0 Å². The van der Waals surface area contributed by atoms with Crippen molar-refractivity contribution in [1.29, 1.82) is 0 Å². The van der Waals surface area contributed by atoms with Gasteiger partial charge >= 0.3 is 0 Å². The Kier molecular flexibility index (Phi) is 5.76. The molecule has 0 bridgehead atoms. The molecule has 3 aromatic rings. The van der Waals surface area contributed by atoms with Crippen molar-refractivity contribution >= 4 is 15.7 Å². The van der Waals surface area contributed by atoms with Crippen LogP contribution in [0.25, 0.3) is 0 Å². The van der Waals surface area contributed by atoms with Crippen LogP contribution in [0.3, 0.4) is 0 Å². The monoisotopic (exact) mass is 385 g/mol. The van der Waals surface area contributed by atoms with Crippen LogP contribution in [-0.2, 0) is 16.6 Å². The van der Waals surface area contributed by atoms with E-state index in [4.69, 9.17) is 4.74 Å². The molecule has 4 nitrogen and oxygen atoms in total. The maximum absolute atomic E-state index is 13.6. The standard InChI is InChI=1S/C21H20FNO3S/c1-2-23(18-9-4-3-5-10-18)27(24,25)20-14-12-19(13-15-20)26-16-17-8-6-7-11-21(17)22/h3-15H,2,16H2,1H3.